The summed E-state index contributed by atoms with van der Waals surface area (Å²) in [5.41, 5.74) is -7.99. The molecule has 0 radical (unpaired) electrons. The Kier molecular flexibility index (Phi) is 6.18. The van der Waals surface area contributed by atoms with Crippen LogP contribution in [0, 0.1) is 21.7 Å². The van der Waals surface area contributed by atoms with Crippen LogP contribution in [0.5, 0.6) is 5.75 Å². The third kappa shape index (κ3) is 3.55. The first-order valence-electron chi connectivity index (χ1n) is 16.4. The van der Waals surface area contributed by atoms with Crippen LogP contribution < -0.4 is 10.2 Å². The molecule has 4 heterocycles. The molecule has 47 heavy (non-hydrogen) atoms. The Morgan fingerprint density at radius 3 is 1.77 bits per heavy atom. The van der Waals surface area contributed by atoms with Crippen molar-refractivity contribution in [3.63, 3.8) is 0 Å². The molecule has 2 saturated heterocycles. The molecule has 5 aliphatic rings. The van der Waals surface area contributed by atoms with E-state index in [0.29, 0.717) is 25.0 Å². The van der Waals surface area contributed by atoms with Crippen molar-refractivity contribution in [3.05, 3.63) is 39.7 Å². The second-order valence-electron chi connectivity index (χ2n) is 16.0. The Morgan fingerprint density at radius 2 is 1.30 bits per heavy atom. The largest absolute Gasteiger partial charge is 0.483 e. The molecule has 2 aliphatic carbocycles. The first-order valence-corrected chi connectivity index (χ1v) is 16.4. The number of esters is 4. The summed E-state index contributed by atoms with van der Waals surface area (Å²) in [7, 11) is 0. The van der Waals surface area contributed by atoms with E-state index in [1.54, 1.807) is 39.8 Å². The number of fused-ring (bicyclic) bond motifs is 7. The lowest BCUT2D eigenvalue weighted by atomic mass is 9.66. The number of carbonyl (C=O) groups is 4. The number of ether oxygens (including phenoxy) is 5. The normalized spacial score (nSPS) is 36.8. The molecule has 11 heteroatoms. The molecule has 0 amide bonds. The van der Waals surface area contributed by atoms with Crippen LogP contribution in [0.15, 0.2) is 27.4 Å². The van der Waals surface area contributed by atoms with Gasteiger partial charge in [-0.05, 0) is 65.5 Å². The van der Waals surface area contributed by atoms with Crippen molar-refractivity contribution >= 4 is 34.8 Å². The highest BCUT2D eigenvalue weighted by atomic mass is 16.7. The molecule has 11 nitrogen and oxygen atoms in total. The zero-order valence-corrected chi connectivity index (χ0v) is 28.4. The van der Waals surface area contributed by atoms with Crippen LogP contribution in [0.1, 0.15) is 105 Å². The number of benzene rings is 1. The van der Waals surface area contributed by atoms with E-state index in [2.05, 4.69) is 0 Å². The number of aryl methyl sites for hydroxylation is 1. The number of hydrogen-bond acceptors (Lipinski definition) is 11. The smallest absolute Gasteiger partial charge is 0.351 e. The minimum Gasteiger partial charge on any atom is -0.483 e. The predicted molar refractivity (Wildman–Crippen MR) is 165 cm³/mol. The van der Waals surface area contributed by atoms with Crippen molar-refractivity contribution in [1.82, 2.24) is 0 Å². The van der Waals surface area contributed by atoms with Gasteiger partial charge in [0.1, 0.15) is 22.7 Å². The van der Waals surface area contributed by atoms with Gasteiger partial charge in [0.2, 0.25) is 11.2 Å². The van der Waals surface area contributed by atoms with Crippen molar-refractivity contribution in [1.29, 1.82) is 0 Å². The Morgan fingerprint density at radius 1 is 0.766 bits per heavy atom. The molecule has 4 bridgehead atoms. The van der Waals surface area contributed by atoms with Crippen LogP contribution in [0.3, 0.4) is 0 Å². The van der Waals surface area contributed by atoms with Gasteiger partial charge in [-0.1, -0.05) is 34.6 Å². The minimum atomic E-state index is -1.59. The van der Waals surface area contributed by atoms with Gasteiger partial charge < -0.3 is 28.1 Å². The molecule has 2 saturated carbocycles. The Hall–Kier alpha value is -3.89. The van der Waals surface area contributed by atoms with E-state index in [4.69, 9.17) is 28.1 Å². The second-order valence-corrected chi connectivity index (χ2v) is 16.0. The quantitative estimate of drug-likeness (QED) is 0.308. The van der Waals surface area contributed by atoms with Gasteiger partial charge in [0, 0.05) is 23.3 Å². The average molecular weight is 651 g/mol. The van der Waals surface area contributed by atoms with Crippen molar-refractivity contribution in [3.8, 4) is 5.75 Å². The van der Waals surface area contributed by atoms with E-state index in [9.17, 15) is 24.0 Å². The van der Waals surface area contributed by atoms with Crippen LogP contribution in [-0.2, 0) is 44.5 Å². The zero-order chi connectivity index (χ0) is 34.3. The first-order chi connectivity index (χ1) is 21.7. The van der Waals surface area contributed by atoms with E-state index in [0.717, 1.165) is 0 Å². The van der Waals surface area contributed by atoms with Crippen molar-refractivity contribution in [2.24, 2.45) is 21.7 Å². The standard InChI is InChI=1S/C36H42O11/c1-10-18-17-20(37)19-11-12-21-22(23(19)42-18)24(43-28(40)35-15-13-33(8,26(38)46-35)31(35,4)5)25(30(2,3)45-21)44-29(41)36-16-14-34(9,27(39)47-36)32(36,6)7/h11-12,17,24-25H,10,13-16H2,1-9H3/t24-,25-,33?,34?,35-,36-/m1/s1. The third-order valence-electron chi connectivity index (χ3n) is 13.2. The maximum Gasteiger partial charge on any atom is 0.351 e. The minimum absolute atomic E-state index is 0.136. The highest BCUT2D eigenvalue weighted by Crippen LogP contribution is 2.67. The number of rotatable bonds is 5. The fraction of sp³-hybridized carbons (Fsp3) is 0.639. The summed E-state index contributed by atoms with van der Waals surface area (Å²) in [5.74, 6) is -1.83. The lowest BCUT2D eigenvalue weighted by Gasteiger charge is -2.45. The number of hydrogen-bond donors (Lipinski definition) is 0. The van der Waals surface area contributed by atoms with Gasteiger partial charge in [-0.3, -0.25) is 14.4 Å². The van der Waals surface area contributed by atoms with Gasteiger partial charge in [-0.25, -0.2) is 9.59 Å². The SMILES string of the molecule is CCc1cc(=O)c2ccc3c(c2o1)[C@@H](OC(=O)[C@@]12CCC(C)(C(=O)O1)C2(C)C)[C@@H](OC(=O)[C@@]12CCC(C)(C(=O)O1)C2(C)C)C(C)(C)O3. The molecule has 1 aromatic heterocycles. The van der Waals surface area contributed by atoms with E-state index in [-0.39, 0.29) is 40.6 Å². The van der Waals surface area contributed by atoms with Gasteiger partial charge in [-0.2, -0.15) is 0 Å². The Labute approximate surface area is 272 Å². The molecule has 3 aliphatic heterocycles. The van der Waals surface area contributed by atoms with Crippen LogP contribution in [0.2, 0.25) is 0 Å². The van der Waals surface area contributed by atoms with Crippen LogP contribution in [0.25, 0.3) is 11.0 Å². The van der Waals surface area contributed by atoms with E-state index >= 15 is 0 Å². The fourth-order valence-corrected chi connectivity index (χ4v) is 8.81. The fourth-order valence-electron chi connectivity index (χ4n) is 8.81. The zero-order valence-electron chi connectivity index (χ0n) is 28.4. The summed E-state index contributed by atoms with van der Waals surface area (Å²) in [4.78, 5) is 68.2. The molecule has 6 atom stereocenters. The van der Waals surface area contributed by atoms with Gasteiger partial charge in [-0.15, -0.1) is 0 Å². The second kappa shape index (κ2) is 9.17. The monoisotopic (exact) mass is 650 g/mol. The predicted octanol–water partition coefficient (Wildman–Crippen LogP) is 5.27. The number of carbonyl (C=O) groups excluding carboxylic acids is 4. The van der Waals surface area contributed by atoms with E-state index in [1.807, 2.05) is 34.6 Å². The molecule has 7 rings (SSSR count). The lowest BCUT2D eigenvalue weighted by Crippen LogP contribution is -2.57. The molecule has 0 N–H and O–H groups in total. The molecule has 4 fully saturated rings. The van der Waals surface area contributed by atoms with Gasteiger partial charge in [0.15, 0.2) is 17.6 Å². The van der Waals surface area contributed by atoms with Gasteiger partial charge in [0.25, 0.3) is 0 Å². The molecular formula is C36H42O11. The summed E-state index contributed by atoms with van der Waals surface area (Å²) < 4.78 is 37.1. The van der Waals surface area contributed by atoms with Crippen molar-refractivity contribution in [2.75, 3.05) is 0 Å². The Bertz CT molecular complexity index is 1850. The maximum atomic E-state index is 14.5. The molecule has 252 valence electrons. The van der Waals surface area contributed by atoms with Gasteiger partial charge in [0.05, 0.1) is 21.8 Å². The molecular weight excluding hydrogens is 608 g/mol. The summed E-state index contributed by atoms with van der Waals surface area (Å²) in [6, 6.07) is 4.60. The third-order valence-corrected chi connectivity index (χ3v) is 13.2. The molecule has 2 unspecified atom stereocenters. The Balaban J connectivity index is 1.38. The van der Waals surface area contributed by atoms with E-state index in [1.165, 1.54) is 6.07 Å². The highest BCUT2D eigenvalue weighted by Gasteiger charge is 2.78. The molecule has 1 aromatic carbocycles. The first kappa shape index (κ1) is 31.7. The summed E-state index contributed by atoms with van der Waals surface area (Å²) in [6.45, 7) is 16.1. The van der Waals surface area contributed by atoms with Crippen molar-refractivity contribution in [2.45, 2.75) is 123 Å². The summed E-state index contributed by atoms with van der Waals surface area (Å²) >= 11 is 0. The van der Waals surface area contributed by atoms with Crippen molar-refractivity contribution < 1.29 is 47.3 Å². The van der Waals surface area contributed by atoms with E-state index < -0.39 is 74.5 Å². The average Bonchev–Trinajstić information content (AvgIpc) is 3.46. The summed E-state index contributed by atoms with van der Waals surface area (Å²) in [5, 5.41) is 0.227. The van der Waals surface area contributed by atoms with Crippen LogP contribution >= 0.6 is 0 Å². The maximum absolute atomic E-state index is 14.5. The lowest BCUT2D eigenvalue weighted by molar-refractivity contribution is -0.217. The van der Waals surface area contributed by atoms with Crippen LogP contribution in [-0.4, -0.2) is 46.8 Å². The summed E-state index contributed by atoms with van der Waals surface area (Å²) in [6.07, 6.45) is -0.851. The highest BCUT2D eigenvalue weighted by molar-refractivity contribution is 5.95. The van der Waals surface area contributed by atoms with Crippen LogP contribution in [0.4, 0.5) is 0 Å². The molecule has 2 aromatic rings. The molecule has 0 spiro atoms. The van der Waals surface area contributed by atoms with Gasteiger partial charge >= 0.3 is 23.9 Å². The topological polar surface area (TPSA) is 145 Å².